The molecule has 0 unspecified atom stereocenters. The summed E-state index contributed by atoms with van der Waals surface area (Å²) < 4.78 is 7.27. The lowest BCUT2D eigenvalue weighted by atomic mass is 10.0. The molecular weight excluding hydrogens is 272 g/mol. The summed E-state index contributed by atoms with van der Waals surface area (Å²) in [5.74, 6) is 0.877. The van der Waals surface area contributed by atoms with Crippen molar-refractivity contribution in [2.24, 2.45) is 0 Å². The third-order valence-corrected chi connectivity index (χ3v) is 3.94. The Morgan fingerprint density at radius 2 is 1.64 bits per heavy atom. The van der Waals surface area contributed by atoms with Crippen molar-refractivity contribution in [1.82, 2.24) is 9.78 Å². The van der Waals surface area contributed by atoms with Gasteiger partial charge < -0.3 is 4.74 Å². The van der Waals surface area contributed by atoms with Gasteiger partial charge in [0.05, 0.1) is 19.3 Å². The van der Waals surface area contributed by atoms with E-state index in [-0.39, 0.29) is 0 Å². The number of hydrogen-bond acceptors (Lipinski definition) is 2. The predicted molar refractivity (Wildman–Crippen MR) is 89.2 cm³/mol. The van der Waals surface area contributed by atoms with Gasteiger partial charge in [0, 0.05) is 11.3 Å². The highest BCUT2D eigenvalue weighted by molar-refractivity contribution is 5.68. The standard InChI is InChI=1S/C19H20N2O/c1-14-19(17-7-5-4-6-8-17)15(2)21(20-14)13-16-9-11-18(22-3)12-10-16/h4-12H,13H2,1-3H3. The molecule has 3 nitrogen and oxygen atoms in total. The number of benzene rings is 2. The largest absolute Gasteiger partial charge is 0.497 e. The van der Waals surface area contributed by atoms with E-state index in [1.54, 1.807) is 7.11 Å². The summed E-state index contributed by atoms with van der Waals surface area (Å²) in [6, 6.07) is 18.6. The van der Waals surface area contributed by atoms with Crippen molar-refractivity contribution in [3.8, 4) is 16.9 Å². The van der Waals surface area contributed by atoms with Crippen molar-refractivity contribution >= 4 is 0 Å². The number of nitrogens with zero attached hydrogens (tertiary/aromatic N) is 2. The normalized spacial score (nSPS) is 10.7. The number of hydrogen-bond donors (Lipinski definition) is 0. The molecule has 0 radical (unpaired) electrons. The second-order valence-corrected chi connectivity index (χ2v) is 5.42. The van der Waals surface area contributed by atoms with Crippen LogP contribution in [0.15, 0.2) is 54.6 Å². The lowest BCUT2D eigenvalue weighted by Crippen LogP contribution is -2.04. The van der Waals surface area contributed by atoms with E-state index in [1.165, 1.54) is 22.4 Å². The molecule has 0 amide bonds. The van der Waals surface area contributed by atoms with Crippen LogP contribution in [0.2, 0.25) is 0 Å². The van der Waals surface area contributed by atoms with Gasteiger partial charge in [-0.3, -0.25) is 4.68 Å². The van der Waals surface area contributed by atoms with Crippen molar-refractivity contribution in [2.45, 2.75) is 20.4 Å². The minimum atomic E-state index is 0.767. The molecule has 1 aromatic heterocycles. The van der Waals surface area contributed by atoms with E-state index in [0.717, 1.165) is 18.0 Å². The molecule has 3 aromatic rings. The van der Waals surface area contributed by atoms with Gasteiger partial charge in [0.15, 0.2) is 0 Å². The fourth-order valence-electron chi connectivity index (χ4n) is 2.78. The average molecular weight is 292 g/mol. The minimum absolute atomic E-state index is 0.767. The molecule has 0 aliphatic heterocycles. The first-order chi connectivity index (χ1) is 10.7. The topological polar surface area (TPSA) is 27.1 Å². The summed E-state index contributed by atoms with van der Waals surface area (Å²) >= 11 is 0. The molecule has 0 atom stereocenters. The van der Waals surface area contributed by atoms with E-state index in [2.05, 4.69) is 54.9 Å². The molecule has 0 bridgehead atoms. The number of methoxy groups -OCH3 is 1. The summed E-state index contributed by atoms with van der Waals surface area (Å²) in [5.41, 5.74) is 5.93. The molecule has 0 fully saturated rings. The Kier molecular flexibility index (Phi) is 3.96. The van der Waals surface area contributed by atoms with Gasteiger partial charge in [-0.1, -0.05) is 42.5 Å². The molecule has 0 saturated heterocycles. The molecular formula is C19H20N2O. The Labute approximate surface area is 131 Å². The van der Waals surface area contributed by atoms with Crippen LogP contribution in [0.5, 0.6) is 5.75 Å². The van der Waals surface area contributed by atoms with E-state index in [9.17, 15) is 0 Å². The highest BCUT2D eigenvalue weighted by atomic mass is 16.5. The predicted octanol–water partition coefficient (Wildman–Crippen LogP) is 4.22. The zero-order chi connectivity index (χ0) is 15.5. The summed E-state index contributed by atoms with van der Waals surface area (Å²) in [5, 5.41) is 4.71. The van der Waals surface area contributed by atoms with Crippen LogP contribution in [0.1, 0.15) is 17.0 Å². The third kappa shape index (κ3) is 2.75. The Hall–Kier alpha value is -2.55. The lowest BCUT2D eigenvalue weighted by molar-refractivity contribution is 0.414. The highest BCUT2D eigenvalue weighted by Gasteiger charge is 2.13. The SMILES string of the molecule is COc1ccc(Cn2nc(C)c(-c3ccccc3)c2C)cc1. The quantitative estimate of drug-likeness (QED) is 0.719. The zero-order valence-corrected chi connectivity index (χ0v) is 13.2. The van der Waals surface area contributed by atoms with Gasteiger partial charge in [0.1, 0.15) is 5.75 Å². The van der Waals surface area contributed by atoms with Gasteiger partial charge in [0.25, 0.3) is 0 Å². The van der Waals surface area contributed by atoms with Gasteiger partial charge in [-0.15, -0.1) is 0 Å². The fourth-order valence-corrected chi connectivity index (χ4v) is 2.78. The minimum Gasteiger partial charge on any atom is -0.497 e. The third-order valence-electron chi connectivity index (χ3n) is 3.94. The van der Waals surface area contributed by atoms with Crippen molar-refractivity contribution in [1.29, 1.82) is 0 Å². The van der Waals surface area contributed by atoms with Gasteiger partial charge in [0.2, 0.25) is 0 Å². The Bertz CT molecular complexity index is 758. The first-order valence-corrected chi connectivity index (χ1v) is 7.41. The van der Waals surface area contributed by atoms with Crippen LogP contribution in [0, 0.1) is 13.8 Å². The maximum atomic E-state index is 5.20. The van der Waals surface area contributed by atoms with E-state index in [1.807, 2.05) is 18.2 Å². The second kappa shape index (κ2) is 6.06. The summed E-state index contributed by atoms with van der Waals surface area (Å²) in [6.45, 7) is 4.97. The maximum absolute atomic E-state index is 5.20. The van der Waals surface area contributed by atoms with Gasteiger partial charge in [-0.05, 0) is 37.1 Å². The molecule has 1 heterocycles. The molecule has 22 heavy (non-hydrogen) atoms. The number of aryl methyl sites for hydroxylation is 1. The molecule has 2 aromatic carbocycles. The monoisotopic (exact) mass is 292 g/mol. The van der Waals surface area contributed by atoms with E-state index in [0.29, 0.717) is 0 Å². The summed E-state index contributed by atoms with van der Waals surface area (Å²) in [6.07, 6.45) is 0. The maximum Gasteiger partial charge on any atom is 0.118 e. The molecule has 0 aliphatic rings. The number of ether oxygens (including phenoxy) is 1. The van der Waals surface area contributed by atoms with Gasteiger partial charge >= 0.3 is 0 Å². The molecule has 3 heteroatoms. The van der Waals surface area contributed by atoms with Crippen LogP contribution in [0.25, 0.3) is 11.1 Å². The fraction of sp³-hybridized carbons (Fsp3) is 0.211. The zero-order valence-electron chi connectivity index (χ0n) is 13.2. The van der Waals surface area contributed by atoms with Gasteiger partial charge in [-0.25, -0.2) is 0 Å². The molecule has 112 valence electrons. The van der Waals surface area contributed by atoms with Crippen molar-refractivity contribution in [2.75, 3.05) is 7.11 Å². The van der Waals surface area contributed by atoms with Crippen molar-refractivity contribution in [3.05, 3.63) is 71.5 Å². The number of rotatable bonds is 4. The Morgan fingerprint density at radius 1 is 0.955 bits per heavy atom. The van der Waals surface area contributed by atoms with Gasteiger partial charge in [-0.2, -0.15) is 5.10 Å². The molecule has 0 spiro atoms. The van der Waals surface area contributed by atoms with Crippen molar-refractivity contribution < 1.29 is 4.74 Å². The molecule has 3 rings (SSSR count). The summed E-state index contributed by atoms with van der Waals surface area (Å²) in [4.78, 5) is 0. The van der Waals surface area contributed by atoms with E-state index < -0.39 is 0 Å². The van der Waals surface area contributed by atoms with Crippen LogP contribution in [-0.4, -0.2) is 16.9 Å². The smallest absolute Gasteiger partial charge is 0.118 e. The van der Waals surface area contributed by atoms with E-state index in [4.69, 9.17) is 9.84 Å². The molecule has 0 saturated carbocycles. The first-order valence-electron chi connectivity index (χ1n) is 7.41. The second-order valence-electron chi connectivity index (χ2n) is 5.42. The number of aromatic nitrogens is 2. The molecule has 0 aliphatic carbocycles. The van der Waals surface area contributed by atoms with Crippen LogP contribution >= 0.6 is 0 Å². The molecule has 0 N–H and O–H groups in total. The first kappa shape index (κ1) is 14.4. The van der Waals surface area contributed by atoms with E-state index >= 15 is 0 Å². The average Bonchev–Trinajstić information content (AvgIpc) is 2.83. The Morgan fingerprint density at radius 3 is 2.27 bits per heavy atom. The summed E-state index contributed by atoms with van der Waals surface area (Å²) in [7, 11) is 1.68. The van der Waals surface area contributed by atoms with Crippen LogP contribution in [0.4, 0.5) is 0 Å². The van der Waals surface area contributed by atoms with Crippen LogP contribution < -0.4 is 4.74 Å². The highest BCUT2D eigenvalue weighted by Crippen LogP contribution is 2.27. The van der Waals surface area contributed by atoms with Crippen LogP contribution in [-0.2, 0) is 6.54 Å². The lowest BCUT2D eigenvalue weighted by Gasteiger charge is -2.07. The van der Waals surface area contributed by atoms with Crippen LogP contribution in [0.3, 0.4) is 0 Å². The van der Waals surface area contributed by atoms with Crippen molar-refractivity contribution in [3.63, 3.8) is 0 Å². The Balaban J connectivity index is 1.92.